The van der Waals surface area contributed by atoms with Crippen molar-refractivity contribution in [1.82, 2.24) is 4.98 Å². The van der Waals surface area contributed by atoms with E-state index in [2.05, 4.69) is 4.98 Å². The van der Waals surface area contributed by atoms with Crippen molar-refractivity contribution in [2.24, 2.45) is 0 Å². The Hall–Kier alpha value is -1.81. The number of hydrogen-bond donors (Lipinski definition) is 0. The molecule has 1 aromatic heterocycles. The Balaban J connectivity index is 2.49. The average molecular weight is 296 g/mol. The number of carbonyl (C=O) groups excluding carboxylic acids is 1. The number of carbonyl (C=O) groups is 1. The van der Waals surface area contributed by atoms with Crippen molar-refractivity contribution in [3.8, 4) is 0 Å². The number of aromatic nitrogens is 1. The van der Waals surface area contributed by atoms with Crippen LogP contribution in [-0.2, 0) is 16.6 Å². The number of benzene rings is 1. The second-order valence-electron chi connectivity index (χ2n) is 4.77. The summed E-state index contributed by atoms with van der Waals surface area (Å²) >= 11 is 5.65. The predicted octanol–water partition coefficient (Wildman–Crippen LogP) is 3.63. The van der Waals surface area contributed by atoms with E-state index in [4.69, 9.17) is 11.6 Å². The van der Waals surface area contributed by atoms with E-state index in [9.17, 15) is 13.6 Å². The molecule has 0 aliphatic heterocycles. The molecule has 2 aromatic rings. The van der Waals surface area contributed by atoms with Crippen molar-refractivity contribution in [3.63, 3.8) is 0 Å². The minimum absolute atomic E-state index is 0.0543. The summed E-state index contributed by atoms with van der Waals surface area (Å²) in [6, 6.07) is 6.46. The molecular formula is C15H12ClF2NO. The van der Waals surface area contributed by atoms with Gasteiger partial charge in [-0.2, -0.15) is 0 Å². The molecule has 2 rings (SSSR count). The predicted molar refractivity (Wildman–Crippen MR) is 72.5 cm³/mol. The molecule has 1 heterocycles. The Morgan fingerprint density at radius 3 is 2.70 bits per heavy atom. The van der Waals surface area contributed by atoms with Crippen molar-refractivity contribution >= 4 is 16.8 Å². The van der Waals surface area contributed by atoms with Gasteiger partial charge in [0.25, 0.3) is 0 Å². The van der Waals surface area contributed by atoms with Gasteiger partial charge in [-0.1, -0.05) is 6.07 Å². The van der Waals surface area contributed by atoms with Crippen molar-refractivity contribution in [2.75, 3.05) is 0 Å². The van der Waals surface area contributed by atoms with Crippen molar-refractivity contribution in [1.29, 1.82) is 0 Å². The molecular weight excluding hydrogens is 284 g/mol. The molecule has 1 aromatic carbocycles. The lowest BCUT2D eigenvalue weighted by atomic mass is 9.78. The number of hydrogen-bond acceptors (Lipinski definition) is 2. The first kappa shape index (κ1) is 14.6. The zero-order chi connectivity index (χ0) is 14.8. The second kappa shape index (κ2) is 5.67. The lowest BCUT2D eigenvalue weighted by Gasteiger charge is -2.26. The fraction of sp³-hybridized carbons (Fsp3) is 0.200. The van der Waals surface area contributed by atoms with Gasteiger partial charge in [0.2, 0.25) is 5.24 Å². The molecule has 0 saturated carbocycles. The third kappa shape index (κ3) is 2.85. The van der Waals surface area contributed by atoms with Crippen LogP contribution < -0.4 is 0 Å². The van der Waals surface area contributed by atoms with Gasteiger partial charge >= 0.3 is 0 Å². The van der Waals surface area contributed by atoms with Gasteiger partial charge in [-0.3, -0.25) is 9.78 Å². The normalized spacial score (nSPS) is 13.8. The van der Waals surface area contributed by atoms with Gasteiger partial charge in [-0.25, -0.2) is 8.78 Å². The highest BCUT2D eigenvalue weighted by molar-refractivity contribution is 6.65. The largest absolute Gasteiger partial charge is 0.280 e. The smallest absolute Gasteiger partial charge is 0.232 e. The van der Waals surface area contributed by atoms with E-state index in [1.54, 1.807) is 24.5 Å². The van der Waals surface area contributed by atoms with E-state index in [1.165, 1.54) is 6.92 Å². The number of halogens is 3. The van der Waals surface area contributed by atoms with Gasteiger partial charge < -0.3 is 0 Å². The maximum absolute atomic E-state index is 13.9. The first-order chi connectivity index (χ1) is 9.43. The van der Waals surface area contributed by atoms with Crippen LogP contribution in [-0.4, -0.2) is 10.2 Å². The van der Waals surface area contributed by atoms with E-state index < -0.39 is 22.3 Å². The van der Waals surface area contributed by atoms with Gasteiger partial charge in [0.15, 0.2) is 0 Å². The Morgan fingerprint density at radius 2 is 2.10 bits per heavy atom. The molecule has 0 fully saturated rings. The van der Waals surface area contributed by atoms with Gasteiger partial charge in [0.1, 0.15) is 11.6 Å². The van der Waals surface area contributed by atoms with Gasteiger partial charge in [-0.15, -0.1) is 0 Å². The topological polar surface area (TPSA) is 30.0 Å². The average Bonchev–Trinajstić information content (AvgIpc) is 2.42. The van der Waals surface area contributed by atoms with Crippen molar-refractivity contribution in [3.05, 3.63) is 65.5 Å². The van der Waals surface area contributed by atoms with Gasteiger partial charge in [0.05, 0.1) is 5.41 Å². The summed E-state index contributed by atoms with van der Waals surface area (Å²) in [5.74, 6) is -1.27. The maximum atomic E-state index is 13.9. The van der Waals surface area contributed by atoms with Gasteiger partial charge in [0, 0.05) is 18.0 Å². The summed E-state index contributed by atoms with van der Waals surface area (Å²) in [4.78, 5) is 15.7. The molecule has 0 aliphatic rings. The summed E-state index contributed by atoms with van der Waals surface area (Å²) in [6.07, 6.45) is 3.30. The van der Waals surface area contributed by atoms with Crippen LogP contribution in [0.4, 0.5) is 8.78 Å². The van der Waals surface area contributed by atoms with E-state index >= 15 is 0 Å². The van der Waals surface area contributed by atoms with Crippen molar-refractivity contribution in [2.45, 2.75) is 18.8 Å². The minimum atomic E-state index is -1.35. The lowest BCUT2D eigenvalue weighted by Crippen LogP contribution is -2.33. The van der Waals surface area contributed by atoms with Crippen LogP contribution in [0.1, 0.15) is 18.1 Å². The second-order valence-corrected chi connectivity index (χ2v) is 5.11. The third-order valence-corrected chi connectivity index (χ3v) is 3.65. The van der Waals surface area contributed by atoms with Crippen LogP contribution in [0.3, 0.4) is 0 Å². The van der Waals surface area contributed by atoms with Crippen molar-refractivity contribution < 1.29 is 13.6 Å². The summed E-state index contributed by atoms with van der Waals surface area (Å²) in [6.45, 7) is 1.49. The molecule has 0 amide bonds. The first-order valence-electron chi connectivity index (χ1n) is 5.98. The quantitative estimate of drug-likeness (QED) is 0.806. The molecule has 0 saturated heterocycles. The Labute approximate surface area is 120 Å². The zero-order valence-electron chi connectivity index (χ0n) is 10.7. The highest BCUT2D eigenvalue weighted by Crippen LogP contribution is 2.33. The van der Waals surface area contributed by atoms with E-state index in [-0.39, 0.29) is 12.0 Å². The summed E-state index contributed by atoms with van der Waals surface area (Å²) in [5.41, 5.74) is -0.689. The third-order valence-electron chi connectivity index (χ3n) is 3.24. The summed E-state index contributed by atoms with van der Waals surface area (Å²) < 4.78 is 27.3. The molecule has 0 bridgehead atoms. The fourth-order valence-corrected chi connectivity index (χ4v) is 2.27. The molecule has 0 spiro atoms. The summed E-state index contributed by atoms with van der Waals surface area (Å²) in [7, 11) is 0. The number of rotatable bonds is 4. The van der Waals surface area contributed by atoms with Crippen LogP contribution in [0, 0.1) is 11.6 Å². The van der Waals surface area contributed by atoms with E-state index in [0.717, 1.165) is 18.2 Å². The molecule has 104 valence electrons. The van der Waals surface area contributed by atoms with Crippen LogP contribution in [0.2, 0.25) is 0 Å². The standard InChI is InChI=1S/C15H12ClF2NO/c1-15(14(16)20,8-10-3-2-6-19-9-10)12-7-11(17)4-5-13(12)18/h2-7,9H,8H2,1H3. The maximum Gasteiger partial charge on any atom is 0.232 e. The van der Waals surface area contributed by atoms with Crippen LogP contribution in [0.15, 0.2) is 42.7 Å². The monoisotopic (exact) mass is 295 g/mol. The molecule has 5 heteroatoms. The molecule has 2 nitrogen and oxygen atoms in total. The van der Waals surface area contributed by atoms with E-state index in [0.29, 0.717) is 5.56 Å². The summed E-state index contributed by atoms with van der Waals surface area (Å²) in [5, 5.41) is -0.745. The molecule has 0 aliphatic carbocycles. The minimum Gasteiger partial charge on any atom is -0.280 e. The van der Waals surface area contributed by atoms with Crippen LogP contribution in [0.25, 0.3) is 0 Å². The SMILES string of the molecule is CC(Cc1cccnc1)(C(=O)Cl)c1cc(F)ccc1F. The molecule has 0 N–H and O–H groups in total. The fourth-order valence-electron chi connectivity index (χ4n) is 2.10. The first-order valence-corrected chi connectivity index (χ1v) is 6.35. The zero-order valence-corrected chi connectivity index (χ0v) is 11.5. The van der Waals surface area contributed by atoms with Crippen LogP contribution in [0.5, 0.6) is 0 Å². The molecule has 1 atom stereocenters. The highest BCUT2D eigenvalue weighted by atomic mass is 35.5. The van der Waals surface area contributed by atoms with Crippen LogP contribution >= 0.6 is 11.6 Å². The van der Waals surface area contributed by atoms with Gasteiger partial charge in [-0.05, 0) is 54.8 Å². The molecule has 1 unspecified atom stereocenters. The Morgan fingerprint density at radius 1 is 1.35 bits per heavy atom. The highest BCUT2D eigenvalue weighted by Gasteiger charge is 2.37. The molecule has 0 radical (unpaired) electrons. The van der Waals surface area contributed by atoms with E-state index in [1.807, 2.05) is 0 Å². The molecule has 20 heavy (non-hydrogen) atoms. The Bertz CT molecular complexity index is 633. The number of nitrogens with zero attached hydrogens (tertiary/aromatic N) is 1. The lowest BCUT2D eigenvalue weighted by molar-refractivity contribution is -0.116. The number of pyridine rings is 1. The Kier molecular flexibility index (Phi) is 4.14.